The van der Waals surface area contributed by atoms with Gasteiger partial charge in [0.2, 0.25) is 0 Å². The van der Waals surface area contributed by atoms with Crippen molar-refractivity contribution in [3.8, 4) is 0 Å². The van der Waals surface area contributed by atoms with Crippen molar-refractivity contribution in [2.75, 3.05) is 38.0 Å². The average Bonchev–Trinajstić information content (AvgIpc) is 2.98. The summed E-state index contributed by atoms with van der Waals surface area (Å²) in [6.07, 6.45) is 0. The van der Waals surface area contributed by atoms with Gasteiger partial charge in [0, 0.05) is 16.2 Å². The summed E-state index contributed by atoms with van der Waals surface area (Å²) in [5.41, 5.74) is 2.99. The molecule has 25 heavy (non-hydrogen) atoms. The number of piperazine rings is 1. The first-order valence-electron chi connectivity index (χ1n) is 8.65. The smallest absolute Gasteiger partial charge is 0.279 e. The quantitative estimate of drug-likeness (QED) is 0.651. The third-order valence-electron chi connectivity index (χ3n) is 4.62. The highest BCUT2D eigenvalue weighted by Gasteiger charge is 2.25. The van der Waals surface area contributed by atoms with Crippen LogP contribution in [0.4, 0.5) is 5.69 Å². The number of nitrogens with zero attached hydrogens (tertiary/aromatic N) is 1. The van der Waals surface area contributed by atoms with E-state index in [1.165, 1.54) is 9.80 Å². The topological polar surface area (TPSA) is 64.0 Å². The monoisotopic (exact) mass is 408 g/mol. The van der Waals surface area contributed by atoms with Crippen LogP contribution in [0.25, 0.3) is 0 Å². The van der Waals surface area contributed by atoms with Gasteiger partial charge in [-0.3, -0.25) is 4.79 Å². The molecule has 0 spiro atoms. The van der Waals surface area contributed by atoms with E-state index in [-0.39, 0.29) is 5.91 Å². The minimum atomic E-state index is 0.0762. The van der Waals surface area contributed by atoms with E-state index >= 15 is 0 Å². The predicted octanol–water partition coefficient (Wildman–Crippen LogP) is -0.0240. The number of nitrogens with one attached hydrogen (secondary N) is 3. The second-order valence-corrected chi connectivity index (χ2v) is 7.65. The average molecular weight is 409 g/mol. The van der Waals surface area contributed by atoms with Crippen LogP contribution in [0.5, 0.6) is 0 Å². The number of rotatable bonds is 5. The molecule has 2 aromatic rings. The summed E-state index contributed by atoms with van der Waals surface area (Å²) in [5, 5.41) is 7.07. The number of aromatic nitrogens is 1. The van der Waals surface area contributed by atoms with Crippen LogP contribution in [0.2, 0.25) is 0 Å². The molecule has 1 aromatic heterocycles. The Labute approximate surface area is 156 Å². The Morgan fingerprint density at radius 2 is 1.92 bits per heavy atom. The van der Waals surface area contributed by atoms with Crippen molar-refractivity contribution in [3.05, 3.63) is 45.8 Å². The highest BCUT2D eigenvalue weighted by Crippen LogP contribution is 2.19. The Kier molecular flexibility index (Phi) is 5.88. The largest absolute Gasteiger partial charge is 0.361 e. The molecule has 1 aliphatic heterocycles. The van der Waals surface area contributed by atoms with Crippen LogP contribution in [0, 0.1) is 13.8 Å². The Bertz CT molecular complexity index is 738. The number of carbonyl (C=O) groups excluding carboxylic acids is 1. The van der Waals surface area contributed by atoms with Crippen molar-refractivity contribution in [2.45, 2.75) is 20.4 Å². The van der Waals surface area contributed by atoms with E-state index in [4.69, 9.17) is 4.52 Å². The molecule has 0 saturated carbocycles. The molecule has 3 N–H and O–H groups in total. The number of carbonyl (C=O) groups is 1. The molecule has 1 aliphatic rings. The number of hydrogen-bond donors (Lipinski definition) is 3. The van der Waals surface area contributed by atoms with E-state index in [0.29, 0.717) is 6.54 Å². The fraction of sp³-hybridized carbons (Fsp3) is 0.444. The molecule has 0 aliphatic carbocycles. The van der Waals surface area contributed by atoms with Crippen molar-refractivity contribution >= 4 is 27.5 Å². The molecule has 0 atom stereocenters. The summed E-state index contributed by atoms with van der Waals surface area (Å²) >= 11 is 3.48. The second-order valence-electron chi connectivity index (χ2n) is 6.79. The van der Waals surface area contributed by atoms with Gasteiger partial charge in [0.15, 0.2) is 6.54 Å². The minimum Gasteiger partial charge on any atom is -0.361 e. The van der Waals surface area contributed by atoms with Gasteiger partial charge >= 0.3 is 0 Å². The zero-order valence-electron chi connectivity index (χ0n) is 14.7. The molecule has 134 valence electrons. The first kappa shape index (κ1) is 18.1. The lowest BCUT2D eigenvalue weighted by Gasteiger charge is -2.28. The van der Waals surface area contributed by atoms with Crippen molar-refractivity contribution in [2.24, 2.45) is 0 Å². The van der Waals surface area contributed by atoms with Crippen LogP contribution >= 0.6 is 15.9 Å². The number of aryl methyl sites for hydroxylation is 2. The molecule has 7 heteroatoms. The number of hydrogen-bond acceptors (Lipinski definition) is 3. The normalized spacial score (nSPS) is 20.4. The van der Waals surface area contributed by atoms with Crippen molar-refractivity contribution in [3.63, 3.8) is 0 Å². The number of benzene rings is 1. The maximum Gasteiger partial charge on any atom is 0.279 e. The summed E-state index contributed by atoms with van der Waals surface area (Å²) in [7, 11) is 0. The molecular formula is C18H25BrN4O2+2. The molecule has 6 nitrogen and oxygen atoms in total. The fourth-order valence-electron chi connectivity index (χ4n) is 3.22. The molecule has 0 bridgehead atoms. The molecule has 0 radical (unpaired) electrons. The van der Waals surface area contributed by atoms with E-state index in [1.54, 1.807) is 0 Å². The fourth-order valence-corrected chi connectivity index (χ4v) is 3.47. The zero-order valence-corrected chi connectivity index (χ0v) is 16.3. The van der Waals surface area contributed by atoms with E-state index in [1.807, 2.05) is 38.1 Å². The molecule has 1 saturated heterocycles. The Hall–Kier alpha value is -1.70. The van der Waals surface area contributed by atoms with E-state index in [9.17, 15) is 4.79 Å². The summed E-state index contributed by atoms with van der Waals surface area (Å²) in [6, 6.07) is 7.87. The predicted molar refractivity (Wildman–Crippen MR) is 98.7 cm³/mol. The first-order chi connectivity index (χ1) is 12.0. The second kappa shape index (κ2) is 8.12. The van der Waals surface area contributed by atoms with Crippen molar-refractivity contribution < 1.29 is 19.1 Å². The lowest BCUT2D eigenvalue weighted by Crippen LogP contribution is -3.28. The van der Waals surface area contributed by atoms with Crippen LogP contribution < -0.4 is 15.1 Å². The van der Waals surface area contributed by atoms with Crippen LogP contribution in [-0.4, -0.2) is 43.8 Å². The minimum absolute atomic E-state index is 0.0762. The van der Waals surface area contributed by atoms with Gasteiger partial charge in [0.1, 0.15) is 44.2 Å². The van der Waals surface area contributed by atoms with Gasteiger partial charge in [-0.15, -0.1) is 0 Å². The molecule has 2 heterocycles. The summed E-state index contributed by atoms with van der Waals surface area (Å²) in [4.78, 5) is 15.1. The van der Waals surface area contributed by atoms with Crippen molar-refractivity contribution in [1.82, 2.24) is 5.16 Å². The number of halogens is 1. The van der Waals surface area contributed by atoms with Gasteiger partial charge in [-0.05, 0) is 37.6 Å². The molecule has 1 aromatic carbocycles. The molecule has 3 rings (SSSR count). The third kappa shape index (κ3) is 5.14. The van der Waals surface area contributed by atoms with Gasteiger partial charge in [-0.2, -0.15) is 0 Å². The molecule has 0 unspecified atom stereocenters. The lowest BCUT2D eigenvalue weighted by molar-refractivity contribution is -1.02. The van der Waals surface area contributed by atoms with Gasteiger partial charge < -0.3 is 19.6 Å². The zero-order chi connectivity index (χ0) is 17.8. The Balaban J connectivity index is 1.43. The summed E-state index contributed by atoms with van der Waals surface area (Å²) in [6.45, 7) is 9.44. The van der Waals surface area contributed by atoms with E-state index < -0.39 is 0 Å². The highest BCUT2D eigenvalue weighted by molar-refractivity contribution is 9.10. The first-order valence-corrected chi connectivity index (χ1v) is 9.44. The number of anilines is 1. The van der Waals surface area contributed by atoms with Crippen LogP contribution in [-0.2, 0) is 11.3 Å². The SMILES string of the molecule is Cc1cc(C[NH+]2CC[NH+](CC(=O)Nc3ccc(Br)c(C)c3)CC2)no1. The van der Waals surface area contributed by atoms with Crippen molar-refractivity contribution in [1.29, 1.82) is 0 Å². The summed E-state index contributed by atoms with van der Waals surface area (Å²) < 4.78 is 6.18. The van der Waals surface area contributed by atoms with Crippen LogP contribution in [0.15, 0.2) is 33.3 Å². The maximum atomic E-state index is 12.3. The van der Waals surface area contributed by atoms with Gasteiger partial charge in [-0.25, -0.2) is 0 Å². The van der Waals surface area contributed by atoms with Gasteiger partial charge in [-0.1, -0.05) is 21.1 Å². The standard InChI is InChI=1S/C18H23BrN4O2/c1-13-9-15(3-4-17(13)19)20-18(24)12-23-7-5-22(6-8-23)11-16-10-14(2)25-21-16/h3-4,9-10H,5-8,11-12H2,1-2H3,(H,20,24)/p+2. The molecule has 1 amide bonds. The third-order valence-corrected chi connectivity index (χ3v) is 5.51. The Morgan fingerprint density at radius 1 is 1.20 bits per heavy atom. The van der Waals surface area contributed by atoms with E-state index in [0.717, 1.165) is 59.9 Å². The van der Waals surface area contributed by atoms with Gasteiger partial charge in [0.05, 0.1) is 0 Å². The number of quaternary nitrogens is 2. The molecular weight excluding hydrogens is 384 g/mol. The summed E-state index contributed by atoms with van der Waals surface area (Å²) in [5.74, 6) is 0.936. The maximum absolute atomic E-state index is 12.3. The number of amides is 1. The molecule has 1 fully saturated rings. The van der Waals surface area contributed by atoms with E-state index in [2.05, 4.69) is 26.4 Å². The van der Waals surface area contributed by atoms with Crippen LogP contribution in [0.3, 0.4) is 0 Å². The highest BCUT2D eigenvalue weighted by atomic mass is 79.9. The van der Waals surface area contributed by atoms with Gasteiger partial charge in [0.25, 0.3) is 5.91 Å². The van der Waals surface area contributed by atoms with Crippen LogP contribution in [0.1, 0.15) is 17.0 Å². The Morgan fingerprint density at radius 3 is 2.56 bits per heavy atom. The lowest BCUT2D eigenvalue weighted by atomic mass is 10.2.